The quantitative estimate of drug-likeness (QED) is 0.788. The Morgan fingerprint density at radius 2 is 1.71 bits per heavy atom. The molecule has 1 aromatic rings. The standard InChI is InChI=1S/C15H21NO/c17-14(11-6-7-11)10-16-15(13-8-9-13)12-4-2-1-3-5-12/h1-5,11,13-17H,6-10H2. The smallest absolute Gasteiger partial charge is 0.0692 e. The normalized spacial score (nSPS) is 23.4. The van der Waals surface area contributed by atoms with Gasteiger partial charge in [0, 0.05) is 12.6 Å². The number of benzene rings is 1. The first-order valence-corrected chi connectivity index (χ1v) is 6.81. The van der Waals surface area contributed by atoms with E-state index in [4.69, 9.17) is 0 Å². The van der Waals surface area contributed by atoms with Crippen molar-refractivity contribution in [2.75, 3.05) is 6.54 Å². The number of nitrogens with one attached hydrogen (secondary N) is 1. The highest BCUT2D eigenvalue weighted by Crippen LogP contribution is 2.41. The van der Waals surface area contributed by atoms with Crippen molar-refractivity contribution in [2.24, 2.45) is 11.8 Å². The highest BCUT2D eigenvalue weighted by Gasteiger charge is 2.34. The summed E-state index contributed by atoms with van der Waals surface area (Å²) in [5.74, 6) is 1.35. The predicted molar refractivity (Wildman–Crippen MR) is 68.6 cm³/mol. The van der Waals surface area contributed by atoms with E-state index in [0.29, 0.717) is 12.0 Å². The molecule has 3 rings (SSSR count). The summed E-state index contributed by atoms with van der Waals surface area (Å²) in [6.45, 7) is 0.751. The molecule has 0 aromatic heterocycles. The zero-order valence-corrected chi connectivity index (χ0v) is 10.2. The average Bonchev–Trinajstić information content (AvgIpc) is 3.22. The minimum absolute atomic E-state index is 0.139. The molecule has 17 heavy (non-hydrogen) atoms. The first kappa shape index (κ1) is 11.2. The third kappa shape index (κ3) is 2.88. The van der Waals surface area contributed by atoms with Crippen LogP contribution in [0, 0.1) is 11.8 Å². The maximum Gasteiger partial charge on any atom is 0.0692 e. The predicted octanol–water partition coefficient (Wildman–Crippen LogP) is 2.50. The Hall–Kier alpha value is -0.860. The van der Waals surface area contributed by atoms with Crippen LogP contribution in [-0.4, -0.2) is 17.8 Å². The Morgan fingerprint density at radius 3 is 2.29 bits per heavy atom. The lowest BCUT2D eigenvalue weighted by Gasteiger charge is -2.21. The van der Waals surface area contributed by atoms with Gasteiger partial charge in [-0.3, -0.25) is 0 Å². The fourth-order valence-electron chi connectivity index (χ4n) is 2.54. The molecule has 0 aliphatic heterocycles. The molecule has 2 heteroatoms. The van der Waals surface area contributed by atoms with Crippen LogP contribution in [0.25, 0.3) is 0 Å². The van der Waals surface area contributed by atoms with Crippen molar-refractivity contribution in [1.29, 1.82) is 0 Å². The molecule has 2 nitrogen and oxygen atoms in total. The lowest BCUT2D eigenvalue weighted by Crippen LogP contribution is -2.32. The Kier molecular flexibility index (Phi) is 3.17. The molecule has 0 heterocycles. The zero-order valence-electron chi connectivity index (χ0n) is 10.2. The summed E-state index contributed by atoms with van der Waals surface area (Å²) >= 11 is 0. The highest BCUT2D eigenvalue weighted by molar-refractivity contribution is 5.21. The third-order valence-electron chi connectivity index (χ3n) is 3.97. The third-order valence-corrected chi connectivity index (χ3v) is 3.97. The van der Waals surface area contributed by atoms with Gasteiger partial charge in [0.1, 0.15) is 0 Å². The van der Waals surface area contributed by atoms with Crippen LogP contribution in [0.3, 0.4) is 0 Å². The number of hydrogen-bond acceptors (Lipinski definition) is 2. The summed E-state index contributed by atoms with van der Waals surface area (Å²) in [5.41, 5.74) is 1.37. The topological polar surface area (TPSA) is 32.3 Å². The summed E-state index contributed by atoms with van der Waals surface area (Å²) in [6, 6.07) is 11.1. The van der Waals surface area contributed by atoms with Crippen LogP contribution in [0.5, 0.6) is 0 Å². The maximum absolute atomic E-state index is 9.92. The van der Waals surface area contributed by atoms with E-state index in [1.54, 1.807) is 0 Å². The highest BCUT2D eigenvalue weighted by atomic mass is 16.3. The van der Waals surface area contributed by atoms with Gasteiger partial charge in [0.15, 0.2) is 0 Å². The number of rotatable bonds is 6. The lowest BCUT2D eigenvalue weighted by molar-refractivity contribution is 0.143. The summed E-state index contributed by atoms with van der Waals surface area (Å²) in [5, 5.41) is 13.5. The van der Waals surface area contributed by atoms with Gasteiger partial charge < -0.3 is 10.4 Å². The molecule has 0 spiro atoms. The van der Waals surface area contributed by atoms with Crippen LogP contribution in [0.4, 0.5) is 0 Å². The molecule has 2 atom stereocenters. The van der Waals surface area contributed by atoms with Crippen molar-refractivity contribution in [2.45, 2.75) is 37.8 Å². The molecule has 1 aromatic carbocycles. The second-order valence-electron chi connectivity index (χ2n) is 5.54. The molecule has 2 aliphatic carbocycles. The minimum Gasteiger partial charge on any atom is -0.392 e. The largest absolute Gasteiger partial charge is 0.392 e. The summed E-state index contributed by atoms with van der Waals surface area (Å²) in [4.78, 5) is 0. The molecule has 0 bridgehead atoms. The molecular weight excluding hydrogens is 210 g/mol. The van der Waals surface area contributed by atoms with Gasteiger partial charge >= 0.3 is 0 Å². The molecule has 92 valence electrons. The van der Waals surface area contributed by atoms with E-state index < -0.39 is 0 Å². The van der Waals surface area contributed by atoms with E-state index in [9.17, 15) is 5.11 Å². The van der Waals surface area contributed by atoms with E-state index in [-0.39, 0.29) is 6.10 Å². The van der Waals surface area contributed by atoms with Gasteiger partial charge in [-0.2, -0.15) is 0 Å². The van der Waals surface area contributed by atoms with Gasteiger partial charge in [-0.1, -0.05) is 30.3 Å². The van der Waals surface area contributed by atoms with Gasteiger partial charge in [0.25, 0.3) is 0 Å². The first-order chi connectivity index (χ1) is 8.34. The number of aliphatic hydroxyl groups excluding tert-OH is 1. The Balaban J connectivity index is 1.60. The van der Waals surface area contributed by atoms with Crippen molar-refractivity contribution < 1.29 is 5.11 Å². The first-order valence-electron chi connectivity index (χ1n) is 6.81. The number of aliphatic hydroxyl groups is 1. The number of hydrogen-bond donors (Lipinski definition) is 2. The Morgan fingerprint density at radius 1 is 1.06 bits per heavy atom. The summed E-state index contributed by atoms with van der Waals surface area (Å²) < 4.78 is 0. The van der Waals surface area contributed by atoms with Gasteiger partial charge in [-0.15, -0.1) is 0 Å². The van der Waals surface area contributed by atoms with Crippen molar-refractivity contribution in [1.82, 2.24) is 5.32 Å². The molecule has 2 aliphatic rings. The zero-order chi connectivity index (χ0) is 11.7. The van der Waals surface area contributed by atoms with Gasteiger partial charge in [0.2, 0.25) is 0 Å². The molecular formula is C15H21NO. The van der Waals surface area contributed by atoms with Crippen LogP contribution in [-0.2, 0) is 0 Å². The van der Waals surface area contributed by atoms with Gasteiger partial charge in [-0.25, -0.2) is 0 Å². The molecule has 2 fully saturated rings. The van der Waals surface area contributed by atoms with Crippen molar-refractivity contribution in [3.63, 3.8) is 0 Å². The van der Waals surface area contributed by atoms with Crippen molar-refractivity contribution >= 4 is 0 Å². The van der Waals surface area contributed by atoms with Gasteiger partial charge in [0.05, 0.1) is 6.10 Å². The van der Waals surface area contributed by atoms with Crippen molar-refractivity contribution in [3.05, 3.63) is 35.9 Å². The Bertz CT molecular complexity index is 356. The SMILES string of the molecule is OC(CNC(c1ccccc1)C1CC1)C1CC1. The molecule has 2 saturated carbocycles. The second-order valence-corrected chi connectivity index (χ2v) is 5.54. The second kappa shape index (κ2) is 4.79. The average molecular weight is 231 g/mol. The molecule has 0 saturated heterocycles. The molecule has 2 N–H and O–H groups in total. The van der Waals surface area contributed by atoms with E-state index in [2.05, 4.69) is 35.6 Å². The Labute approximate surface area is 103 Å². The van der Waals surface area contributed by atoms with E-state index in [1.165, 1.54) is 31.2 Å². The minimum atomic E-state index is -0.139. The van der Waals surface area contributed by atoms with Crippen LogP contribution in [0.15, 0.2) is 30.3 Å². The fraction of sp³-hybridized carbons (Fsp3) is 0.600. The molecule has 0 amide bonds. The molecule has 0 radical (unpaired) electrons. The van der Waals surface area contributed by atoms with Gasteiger partial charge in [-0.05, 0) is 43.1 Å². The van der Waals surface area contributed by atoms with Crippen molar-refractivity contribution in [3.8, 4) is 0 Å². The molecule has 2 unspecified atom stereocenters. The van der Waals surface area contributed by atoms with E-state index >= 15 is 0 Å². The van der Waals surface area contributed by atoms with E-state index in [0.717, 1.165) is 12.5 Å². The summed E-state index contributed by atoms with van der Waals surface area (Å²) in [7, 11) is 0. The van der Waals surface area contributed by atoms with Crippen LogP contribution in [0.2, 0.25) is 0 Å². The lowest BCUT2D eigenvalue weighted by atomic mass is 10.0. The van der Waals surface area contributed by atoms with E-state index in [1.807, 2.05) is 0 Å². The van der Waals surface area contributed by atoms with Crippen LogP contribution >= 0.6 is 0 Å². The van der Waals surface area contributed by atoms with Crippen LogP contribution < -0.4 is 5.32 Å². The maximum atomic E-state index is 9.92. The summed E-state index contributed by atoms with van der Waals surface area (Å²) in [6.07, 6.45) is 4.93. The van der Waals surface area contributed by atoms with Crippen LogP contribution in [0.1, 0.15) is 37.3 Å². The fourth-order valence-corrected chi connectivity index (χ4v) is 2.54. The monoisotopic (exact) mass is 231 g/mol.